The van der Waals surface area contributed by atoms with Crippen molar-refractivity contribution in [3.05, 3.63) is 93.9 Å². The van der Waals surface area contributed by atoms with Crippen molar-refractivity contribution in [2.45, 2.75) is 12.5 Å². The summed E-state index contributed by atoms with van der Waals surface area (Å²) in [5, 5.41) is 5.28. The number of thiophene rings is 1. The Morgan fingerprint density at radius 1 is 1.26 bits per heavy atom. The molecular formula is C26H25ClFN3O3S. The maximum absolute atomic E-state index is 13.4. The van der Waals surface area contributed by atoms with Gasteiger partial charge in [0.1, 0.15) is 24.7 Å². The van der Waals surface area contributed by atoms with Crippen LogP contribution in [-0.2, 0) is 11.2 Å². The predicted octanol–water partition coefficient (Wildman–Crippen LogP) is 5.77. The van der Waals surface area contributed by atoms with Gasteiger partial charge >= 0.3 is 6.03 Å². The number of hydrogen-bond donors (Lipinski definition) is 1. The van der Waals surface area contributed by atoms with E-state index in [2.05, 4.69) is 11.9 Å². The van der Waals surface area contributed by atoms with E-state index in [0.29, 0.717) is 23.0 Å². The smallest absolute Gasteiger partial charge is 0.322 e. The Morgan fingerprint density at radius 2 is 2.06 bits per heavy atom. The first-order valence-corrected chi connectivity index (χ1v) is 12.4. The number of hydrogen-bond acceptors (Lipinski definition) is 4. The van der Waals surface area contributed by atoms with Gasteiger partial charge in [0.2, 0.25) is 5.91 Å². The molecule has 2 heterocycles. The van der Waals surface area contributed by atoms with Gasteiger partial charge in [-0.15, -0.1) is 17.9 Å². The summed E-state index contributed by atoms with van der Waals surface area (Å²) in [6.07, 6.45) is 2.31. The maximum Gasteiger partial charge on any atom is 0.322 e. The molecule has 1 aliphatic rings. The molecule has 0 aliphatic carbocycles. The molecule has 0 fully saturated rings. The van der Waals surface area contributed by atoms with E-state index in [-0.39, 0.29) is 37.5 Å². The molecule has 0 saturated carbocycles. The van der Waals surface area contributed by atoms with E-state index < -0.39 is 6.03 Å². The Labute approximate surface area is 212 Å². The molecule has 1 N–H and O–H groups in total. The van der Waals surface area contributed by atoms with E-state index in [1.807, 2.05) is 11.4 Å². The lowest BCUT2D eigenvalue weighted by Crippen LogP contribution is -2.48. The number of halogens is 2. The van der Waals surface area contributed by atoms with E-state index in [4.69, 9.17) is 16.3 Å². The minimum atomic E-state index is -0.423. The third-order valence-corrected chi connectivity index (χ3v) is 6.91. The van der Waals surface area contributed by atoms with E-state index in [1.165, 1.54) is 21.9 Å². The quantitative estimate of drug-likeness (QED) is 0.389. The fourth-order valence-corrected chi connectivity index (χ4v) is 5.10. The number of anilines is 1. The maximum atomic E-state index is 13.4. The molecule has 3 aromatic rings. The van der Waals surface area contributed by atoms with Crippen LogP contribution in [0, 0.1) is 5.82 Å². The number of ether oxygens (including phenoxy) is 1. The molecular weight excluding hydrogens is 489 g/mol. The van der Waals surface area contributed by atoms with Crippen molar-refractivity contribution in [2.24, 2.45) is 0 Å². The van der Waals surface area contributed by atoms with Crippen LogP contribution in [-0.4, -0.2) is 48.0 Å². The molecule has 1 aromatic heterocycles. The minimum absolute atomic E-state index is 0.120. The molecule has 3 amide bonds. The van der Waals surface area contributed by atoms with Crippen LogP contribution in [0.1, 0.15) is 16.5 Å². The number of amides is 3. The summed E-state index contributed by atoms with van der Waals surface area (Å²) >= 11 is 7.67. The second-order valence-corrected chi connectivity index (χ2v) is 9.46. The zero-order valence-electron chi connectivity index (χ0n) is 19.0. The Kier molecular flexibility index (Phi) is 8.05. The van der Waals surface area contributed by atoms with Crippen molar-refractivity contribution in [1.29, 1.82) is 0 Å². The lowest BCUT2D eigenvalue weighted by atomic mass is 10.0. The molecule has 1 atom stereocenters. The van der Waals surface area contributed by atoms with Crippen molar-refractivity contribution >= 4 is 40.6 Å². The Morgan fingerprint density at radius 3 is 2.80 bits per heavy atom. The molecule has 0 saturated heterocycles. The molecule has 2 aromatic carbocycles. The van der Waals surface area contributed by atoms with Gasteiger partial charge < -0.3 is 19.9 Å². The number of carbonyl (C=O) groups excluding carboxylic acids is 2. The molecule has 4 rings (SSSR count). The zero-order valence-corrected chi connectivity index (χ0v) is 20.5. The second kappa shape index (κ2) is 11.4. The van der Waals surface area contributed by atoms with Gasteiger partial charge in [0.15, 0.2) is 0 Å². The number of benzene rings is 2. The summed E-state index contributed by atoms with van der Waals surface area (Å²) in [6.45, 7) is 4.53. The van der Waals surface area contributed by atoms with Crippen molar-refractivity contribution in [1.82, 2.24) is 9.80 Å². The summed E-state index contributed by atoms with van der Waals surface area (Å²) in [5.41, 5.74) is 1.57. The van der Waals surface area contributed by atoms with Gasteiger partial charge in [0.05, 0.1) is 6.04 Å². The van der Waals surface area contributed by atoms with Gasteiger partial charge in [-0.05, 0) is 65.9 Å². The second-order valence-electron chi connectivity index (χ2n) is 8.03. The standard InChI is InChI=1S/C26H25ClFN3O3S/c1-2-12-30(26(33)29-20-5-3-4-18(27)15-20)16-25(32)31-13-10-24-22(11-14-35-24)23(31)17-34-21-8-6-19(28)7-9-21/h2-9,11,14-15,23H,1,10,12-13,16-17H2,(H,29,33). The largest absolute Gasteiger partial charge is 0.491 e. The Hall–Kier alpha value is -3.36. The molecule has 6 nitrogen and oxygen atoms in total. The number of rotatable bonds is 8. The zero-order chi connectivity index (χ0) is 24.8. The third kappa shape index (κ3) is 6.21. The van der Waals surface area contributed by atoms with Crippen LogP contribution in [0.25, 0.3) is 0 Å². The number of nitrogens with zero attached hydrogens (tertiary/aromatic N) is 2. The van der Waals surface area contributed by atoms with E-state index >= 15 is 0 Å². The van der Waals surface area contributed by atoms with Gasteiger partial charge in [-0.25, -0.2) is 9.18 Å². The molecule has 9 heteroatoms. The monoisotopic (exact) mass is 513 g/mol. The van der Waals surface area contributed by atoms with E-state index in [1.54, 1.807) is 58.7 Å². The van der Waals surface area contributed by atoms with Crippen molar-refractivity contribution in [3.8, 4) is 5.75 Å². The highest BCUT2D eigenvalue weighted by molar-refractivity contribution is 7.10. The molecule has 1 aliphatic heterocycles. The molecule has 0 radical (unpaired) electrons. The molecule has 0 bridgehead atoms. The van der Waals surface area contributed by atoms with Crippen LogP contribution in [0.15, 0.2) is 72.6 Å². The SMILES string of the molecule is C=CCN(CC(=O)N1CCc2sccc2C1COc1ccc(F)cc1)C(=O)Nc1cccc(Cl)c1. The van der Waals surface area contributed by atoms with Crippen LogP contribution >= 0.6 is 22.9 Å². The van der Waals surface area contributed by atoms with Gasteiger partial charge in [-0.2, -0.15) is 0 Å². The first kappa shape index (κ1) is 24.8. The van der Waals surface area contributed by atoms with Crippen LogP contribution in [0.5, 0.6) is 5.75 Å². The average Bonchev–Trinajstić information content (AvgIpc) is 3.32. The van der Waals surface area contributed by atoms with Crippen molar-refractivity contribution < 1.29 is 18.7 Å². The third-order valence-electron chi connectivity index (χ3n) is 5.68. The van der Waals surface area contributed by atoms with Crippen LogP contribution < -0.4 is 10.1 Å². The molecule has 182 valence electrons. The number of carbonyl (C=O) groups is 2. The van der Waals surface area contributed by atoms with Crippen LogP contribution in [0.4, 0.5) is 14.9 Å². The minimum Gasteiger partial charge on any atom is -0.491 e. The fraction of sp³-hybridized carbons (Fsp3) is 0.231. The summed E-state index contributed by atoms with van der Waals surface area (Å²) in [4.78, 5) is 30.7. The normalized spacial score (nSPS) is 14.7. The van der Waals surface area contributed by atoms with Crippen molar-refractivity contribution in [3.63, 3.8) is 0 Å². The highest BCUT2D eigenvalue weighted by atomic mass is 35.5. The number of nitrogens with one attached hydrogen (secondary N) is 1. The average molecular weight is 514 g/mol. The summed E-state index contributed by atoms with van der Waals surface area (Å²) in [7, 11) is 0. The van der Waals surface area contributed by atoms with Gasteiger partial charge in [0.25, 0.3) is 0 Å². The predicted molar refractivity (Wildman–Crippen MR) is 137 cm³/mol. The Balaban J connectivity index is 1.48. The van der Waals surface area contributed by atoms with Gasteiger partial charge in [-0.3, -0.25) is 4.79 Å². The van der Waals surface area contributed by atoms with Crippen LogP contribution in [0.2, 0.25) is 5.02 Å². The fourth-order valence-electron chi connectivity index (χ4n) is 3.98. The summed E-state index contributed by atoms with van der Waals surface area (Å²) in [6, 6.07) is 13.9. The highest BCUT2D eigenvalue weighted by Gasteiger charge is 2.33. The van der Waals surface area contributed by atoms with Gasteiger partial charge in [-0.1, -0.05) is 23.7 Å². The number of fused-ring (bicyclic) bond motifs is 1. The first-order chi connectivity index (χ1) is 16.9. The summed E-state index contributed by atoms with van der Waals surface area (Å²) in [5.74, 6) is -0.0155. The van der Waals surface area contributed by atoms with Crippen molar-refractivity contribution in [2.75, 3.05) is 31.6 Å². The first-order valence-electron chi connectivity index (χ1n) is 11.1. The topological polar surface area (TPSA) is 61.9 Å². The molecule has 0 spiro atoms. The highest BCUT2D eigenvalue weighted by Crippen LogP contribution is 2.34. The summed E-state index contributed by atoms with van der Waals surface area (Å²) < 4.78 is 19.2. The van der Waals surface area contributed by atoms with Crippen LogP contribution in [0.3, 0.4) is 0 Å². The van der Waals surface area contributed by atoms with E-state index in [9.17, 15) is 14.0 Å². The molecule has 1 unspecified atom stereocenters. The van der Waals surface area contributed by atoms with Gasteiger partial charge in [0, 0.05) is 28.7 Å². The number of urea groups is 1. The van der Waals surface area contributed by atoms with E-state index in [0.717, 1.165) is 12.0 Å². The lowest BCUT2D eigenvalue weighted by molar-refractivity contribution is -0.135. The molecule has 35 heavy (non-hydrogen) atoms. The Bertz CT molecular complexity index is 1200. The lowest BCUT2D eigenvalue weighted by Gasteiger charge is -2.37.